The molecule has 1 aromatic rings. The third kappa shape index (κ3) is 3.18. The number of fused-ring (bicyclic) bond motifs is 2. The molecule has 2 saturated heterocycles. The van der Waals surface area contributed by atoms with E-state index in [-0.39, 0.29) is 0 Å². The normalized spacial score (nSPS) is 26.3. The van der Waals surface area contributed by atoms with Gasteiger partial charge in [-0.25, -0.2) is 4.79 Å². The Balaban J connectivity index is 1.65. The smallest absolute Gasteiger partial charge is 0.335 e. The lowest BCUT2D eigenvalue weighted by molar-refractivity contribution is 0.0697. The fourth-order valence-corrected chi connectivity index (χ4v) is 4.18. The summed E-state index contributed by atoms with van der Waals surface area (Å²) in [6.07, 6.45) is 3.92. The molecule has 0 aromatic heterocycles. The molecule has 2 fully saturated rings. The minimum Gasteiger partial charge on any atom is -0.478 e. The lowest BCUT2D eigenvalue weighted by Gasteiger charge is -2.32. The first-order valence-corrected chi connectivity index (χ1v) is 8.36. The zero-order valence-electron chi connectivity index (χ0n) is 13.5. The topological polar surface area (TPSA) is 43.8 Å². The molecule has 22 heavy (non-hydrogen) atoms. The lowest BCUT2D eigenvalue weighted by atomic mass is 10.1. The second-order valence-corrected chi connectivity index (χ2v) is 6.95. The number of carbonyl (C=O) groups is 1. The Kier molecular flexibility index (Phi) is 4.50. The summed E-state index contributed by atoms with van der Waals surface area (Å²) >= 11 is 0. The van der Waals surface area contributed by atoms with E-state index in [1.165, 1.54) is 24.8 Å². The van der Waals surface area contributed by atoms with Gasteiger partial charge in [-0.1, -0.05) is 12.1 Å². The molecule has 2 heterocycles. The van der Waals surface area contributed by atoms with Crippen LogP contribution in [0, 0.1) is 0 Å². The summed E-state index contributed by atoms with van der Waals surface area (Å²) < 4.78 is 0. The fourth-order valence-electron chi connectivity index (χ4n) is 4.18. The predicted octanol–water partition coefficient (Wildman–Crippen LogP) is 2.83. The summed E-state index contributed by atoms with van der Waals surface area (Å²) in [7, 11) is 0. The molecule has 2 unspecified atom stereocenters. The molecule has 3 rings (SSSR count). The van der Waals surface area contributed by atoms with Crippen LogP contribution in [0.25, 0.3) is 0 Å². The SMILES string of the molecule is CC(C)N1C2CCC1CN(Cc1ccc(C(=O)O)cc1)CC2. The summed E-state index contributed by atoms with van der Waals surface area (Å²) in [6, 6.07) is 9.39. The first-order valence-electron chi connectivity index (χ1n) is 8.36. The highest BCUT2D eigenvalue weighted by atomic mass is 16.4. The van der Waals surface area contributed by atoms with Gasteiger partial charge in [0, 0.05) is 37.8 Å². The molecule has 2 bridgehead atoms. The number of nitrogens with zero attached hydrogens (tertiary/aromatic N) is 2. The highest BCUT2D eigenvalue weighted by Gasteiger charge is 2.38. The molecule has 120 valence electrons. The molecule has 2 aliphatic heterocycles. The molecule has 2 aliphatic rings. The lowest BCUT2D eigenvalue weighted by Crippen LogP contribution is -2.43. The van der Waals surface area contributed by atoms with Gasteiger partial charge in [0.25, 0.3) is 0 Å². The van der Waals surface area contributed by atoms with Crippen LogP contribution in [-0.4, -0.2) is 52.1 Å². The maximum Gasteiger partial charge on any atom is 0.335 e. The highest BCUT2D eigenvalue weighted by Crippen LogP contribution is 2.32. The van der Waals surface area contributed by atoms with Gasteiger partial charge in [-0.05, 0) is 50.8 Å². The van der Waals surface area contributed by atoms with Crippen molar-refractivity contribution in [2.75, 3.05) is 13.1 Å². The number of rotatable bonds is 4. The van der Waals surface area contributed by atoms with E-state index in [9.17, 15) is 4.79 Å². The third-order valence-corrected chi connectivity index (χ3v) is 5.13. The van der Waals surface area contributed by atoms with E-state index in [0.29, 0.717) is 17.6 Å². The van der Waals surface area contributed by atoms with Crippen LogP contribution in [0.4, 0.5) is 0 Å². The number of hydrogen-bond acceptors (Lipinski definition) is 3. The van der Waals surface area contributed by atoms with Crippen LogP contribution in [0.15, 0.2) is 24.3 Å². The summed E-state index contributed by atoms with van der Waals surface area (Å²) in [5, 5.41) is 8.97. The molecule has 0 amide bonds. The first-order chi connectivity index (χ1) is 10.5. The van der Waals surface area contributed by atoms with Crippen LogP contribution in [0.2, 0.25) is 0 Å². The maximum atomic E-state index is 10.9. The number of carboxylic acid groups (broad SMARTS) is 1. The maximum absolute atomic E-state index is 10.9. The Morgan fingerprint density at radius 3 is 2.50 bits per heavy atom. The molecule has 0 aliphatic carbocycles. The standard InChI is InChI=1S/C18H26N2O2/c1-13(2)20-16-7-8-17(20)12-19(10-9-16)11-14-3-5-15(6-4-14)18(21)22/h3-6,13,16-17H,7-12H2,1-2H3,(H,21,22). The molecule has 4 nitrogen and oxygen atoms in total. The number of benzene rings is 1. The number of hydrogen-bond donors (Lipinski definition) is 1. The van der Waals surface area contributed by atoms with Gasteiger partial charge in [-0.3, -0.25) is 9.80 Å². The number of likely N-dealkylation sites (tertiary alicyclic amines) is 1. The molecule has 0 radical (unpaired) electrons. The first kappa shape index (κ1) is 15.5. The van der Waals surface area contributed by atoms with E-state index >= 15 is 0 Å². The van der Waals surface area contributed by atoms with Crippen LogP contribution in [0.3, 0.4) is 0 Å². The summed E-state index contributed by atoms with van der Waals surface area (Å²) in [5.41, 5.74) is 1.57. The van der Waals surface area contributed by atoms with Gasteiger partial charge in [0.05, 0.1) is 5.56 Å². The van der Waals surface area contributed by atoms with E-state index in [1.807, 2.05) is 12.1 Å². The average molecular weight is 302 g/mol. The minimum absolute atomic E-state index is 0.365. The van der Waals surface area contributed by atoms with Crippen molar-refractivity contribution in [3.05, 3.63) is 35.4 Å². The van der Waals surface area contributed by atoms with Gasteiger partial charge < -0.3 is 5.11 Å². The van der Waals surface area contributed by atoms with Crippen molar-refractivity contribution >= 4 is 5.97 Å². The number of aromatic carboxylic acids is 1. The molecule has 0 saturated carbocycles. The van der Waals surface area contributed by atoms with Gasteiger partial charge in [-0.15, -0.1) is 0 Å². The van der Waals surface area contributed by atoms with Gasteiger partial charge in [0.2, 0.25) is 0 Å². The molecule has 1 N–H and O–H groups in total. The van der Waals surface area contributed by atoms with Gasteiger partial charge in [-0.2, -0.15) is 0 Å². The van der Waals surface area contributed by atoms with E-state index in [1.54, 1.807) is 12.1 Å². The van der Waals surface area contributed by atoms with Gasteiger partial charge in [0.15, 0.2) is 0 Å². The molecular formula is C18H26N2O2. The van der Waals surface area contributed by atoms with Crippen molar-refractivity contribution in [2.24, 2.45) is 0 Å². The number of carboxylic acids is 1. The van der Waals surface area contributed by atoms with E-state index in [0.717, 1.165) is 25.7 Å². The van der Waals surface area contributed by atoms with Crippen LogP contribution in [0.5, 0.6) is 0 Å². The third-order valence-electron chi connectivity index (χ3n) is 5.13. The summed E-state index contributed by atoms with van der Waals surface area (Å²) in [4.78, 5) is 16.2. The van der Waals surface area contributed by atoms with E-state index in [4.69, 9.17) is 5.11 Å². The zero-order chi connectivity index (χ0) is 15.7. The van der Waals surface area contributed by atoms with Crippen molar-refractivity contribution in [2.45, 2.75) is 57.8 Å². The van der Waals surface area contributed by atoms with Crippen molar-refractivity contribution in [1.29, 1.82) is 0 Å². The monoisotopic (exact) mass is 302 g/mol. The van der Waals surface area contributed by atoms with E-state index < -0.39 is 5.97 Å². The Morgan fingerprint density at radius 2 is 1.86 bits per heavy atom. The van der Waals surface area contributed by atoms with Crippen LogP contribution in [-0.2, 0) is 6.54 Å². The van der Waals surface area contributed by atoms with Crippen molar-refractivity contribution < 1.29 is 9.90 Å². The highest BCUT2D eigenvalue weighted by molar-refractivity contribution is 5.87. The Labute approximate surface area is 132 Å². The Hall–Kier alpha value is -1.39. The molecule has 4 heteroatoms. The summed E-state index contributed by atoms with van der Waals surface area (Å²) in [5.74, 6) is -0.855. The zero-order valence-corrected chi connectivity index (χ0v) is 13.5. The molecule has 0 spiro atoms. The second kappa shape index (κ2) is 6.39. The van der Waals surface area contributed by atoms with Crippen LogP contribution >= 0.6 is 0 Å². The minimum atomic E-state index is -0.855. The van der Waals surface area contributed by atoms with Crippen LogP contribution in [0.1, 0.15) is 49.0 Å². The summed E-state index contributed by atoms with van der Waals surface area (Å²) in [6.45, 7) is 7.83. The molecule has 1 aromatic carbocycles. The van der Waals surface area contributed by atoms with Crippen molar-refractivity contribution in [3.63, 3.8) is 0 Å². The molecular weight excluding hydrogens is 276 g/mol. The van der Waals surface area contributed by atoms with Crippen molar-refractivity contribution in [3.8, 4) is 0 Å². The fraction of sp³-hybridized carbons (Fsp3) is 0.611. The average Bonchev–Trinajstić information content (AvgIpc) is 2.78. The Morgan fingerprint density at radius 1 is 1.18 bits per heavy atom. The van der Waals surface area contributed by atoms with E-state index in [2.05, 4.69) is 23.6 Å². The van der Waals surface area contributed by atoms with Crippen molar-refractivity contribution in [1.82, 2.24) is 9.80 Å². The van der Waals surface area contributed by atoms with Gasteiger partial charge in [0.1, 0.15) is 0 Å². The van der Waals surface area contributed by atoms with Gasteiger partial charge >= 0.3 is 5.97 Å². The largest absolute Gasteiger partial charge is 0.478 e. The Bertz CT molecular complexity index is 526. The predicted molar refractivity (Wildman–Crippen MR) is 87.1 cm³/mol. The second-order valence-electron chi connectivity index (χ2n) is 6.95. The molecule has 2 atom stereocenters. The van der Waals surface area contributed by atoms with Crippen LogP contribution < -0.4 is 0 Å². The quantitative estimate of drug-likeness (QED) is 0.929.